The predicted octanol–water partition coefficient (Wildman–Crippen LogP) is 1.86. The van der Waals surface area contributed by atoms with Crippen LogP contribution in [0.1, 0.15) is 25.7 Å². The number of nitrogens with zero attached hydrogens (tertiary/aromatic N) is 2. The van der Waals surface area contributed by atoms with E-state index in [1.807, 2.05) is 12.4 Å². The van der Waals surface area contributed by atoms with E-state index in [2.05, 4.69) is 10.2 Å². The van der Waals surface area contributed by atoms with Crippen molar-refractivity contribution >= 4 is 12.4 Å². The first-order valence-electron chi connectivity index (χ1n) is 4.03. The van der Waals surface area contributed by atoms with Gasteiger partial charge in [-0.05, 0) is 12.8 Å². The molecule has 0 aromatic rings. The van der Waals surface area contributed by atoms with Crippen LogP contribution in [0.4, 0.5) is 0 Å². The molecule has 0 spiro atoms. The topological polar surface area (TPSA) is 24.7 Å². The Morgan fingerprint density at radius 3 is 1.90 bits per heavy atom. The van der Waals surface area contributed by atoms with Crippen LogP contribution in [0, 0.1) is 11.8 Å². The molecule has 2 aliphatic rings. The van der Waals surface area contributed by atoms with Crippen LogP contribution in [-0.4, -0.2) is 12.4 Å². The first kappa shape index (κ1) is 6.08. The van der Waals surface area contributed by atoms with E-state index in [4.69, 9.17) is 0 Å². The van der Waals surface area contributed by atoms with Crippen molar-refractivity contribution in [2.75, 3.05) is 0 Å². The lowest BCUT2D eigenvalue weighted by Gasteiger charge is -2.26. The number of hydrogen-bond donors (Lipinski definition) is 0. The summed E-state index contributed by atoms with van der Waals surface area (Å²) in [6.45, 7) is 0. The Morgan fingerprint density at radius 2 is 1.40 bits per heavy atom. The van der Waals surface area contributed by atoms with E-state index in [0.29, 0.717) is 11.8 Å². The van der Waals surface area contributed by atoms with Gasteiger partial charge in [0.2, 0.25) is 0 Å². The van der Waals surface area contributed by atoms with Crippen LogP contribution in [0.5, 0.6) is 0 Å². The Bertz CT molecular complexity index is 152. The van der Waals surface area contributed by atoms with Crippen LogP contribution in [0.3, 0.4) is 0 Å². The molecule has 1 aliphatic carbocycles. The molecule has 2 heteroatoms. The summed E-state index contributed by atoms with van der Waals surface area (Å²) < 4.78 is 0. The third-order valence-electron chi connectivity index (χ3n) is 2.46. The molecule has 2 nitrogen and oxygen atoms in total. The molecule has 1 saturated carbocycles. The third kappa shape index (κ3) is 0.981. The minimum absolute atomic E-state index is 0.714. The number of hydrogen-bond acceptors (Lipinski definition) is 2. The molecule has 0 radical (unpaired) electrons. The summed E-state index contributed by atoms with van der Waals surface area (Å²) in [5.41, 5.74) is 0. The first-order chi connectivity index (χ1) is 4.97. The molecule has 0 aromatic heterocycles. The lowest BCUT2D eigenvalue weighted by molar-refractivity contribution is 0.381. The van der Waals surface area contributed by atoms with Crippen molar-refractivity contribution in [1.82, 2.24) is 0 Å². The average molecular weight is 136 g/mol. The van der Waals surface area contributed by atoms with Gasteiger partial charge in [-0.25, -0.2) is 0 Å². The third-order valence-corrected chi connectivity index (χ3v) is 2.46. The molecule has 54 valence electrons. The highest BCUT2D eigenvalue weighted by molar-refractivity contribution is 5.74. The molecule has 0 amide bonds. The van der Waals surface area contributed by atoms with Gasteiger partial charge < -0.3 is 0 Å². The second-order valence-electron chi connectivity index (χ2n) is 3.14. The van der Waals surface area contributed by atoms with E-state index in [0.717, 1.165) is 0 Å². The van der Waals surface area contributed by atoms with Gasteiger partial charge >= 0.3 is 0 Å². The van der Waals surface area contributed by atoms with Gasteiger partial charge in [-0.2, -0.15) is 10.2 Å². The maximum atomic E-state index is 3.91. The molecule has 0 N–H and O–H groups in total. The molecule has 2 unspecified atom stereocenters. The molecule has 1 heterocycles. The van der Waals surface area contributed by atoms with E-state index in [-0.39, 0.29) is 0 Å². The fourth-order valence-corrected chi connectivity index (χ4v) is 1.81. The van der Waals surface area contributed by atoms with Crippen molar-refractivity contribution in [3.63, 3.8) is 0 Å². The maximum absolute atomic E-state index is 3.91. The highest BCUT2D eigenvalue weighted by Gasteiger charge is 2.23. The summed E-state index contributed by atoms with van der Waals surface area (Å²) in [7, 11) is 0. The van der Waals surface area contributed by atoms with Crippen molar-refractivity contribution in [2.45, 2.75) is 25.7 Å². The van der Waals surface area contributed by atoms with E-state index in [1.165, 1.54) is 25.7 Å². The highest BCUT2D eigenvalue weighted by Crippen LogP contribution is 2.28. The van der Waals surface area contributed by atoms with Gasteiger partial charge in [-0.1, -0.05) is 12.8 Å². The fraction of sp³-hybridized carbons (Fsp3) is 0.750. The quantitative estimate of drug-likeness (QED) is 0.485. The Morgan fingerprint density at radius 1 is 0.900 bits per heavy atom. The molecule has 0 aromatic carbocycles. The lowest BCUT2D eigenvalue weighted by atomic mass is 9.80. The van der Waals surface area contributed by atoms with Crippen LogP contribution in [-0.2, 0) is 0 Å². The molecular formula is C8H12N2. The van der Waals surface area contributed by atoms with Gasteiger partial charge in [0, 0.05) is 24.3 Å². The lowest BCUT2D eigenvalue weighted by Crippen LogP contribution is -2.23. The molecule has 10 heavy (non-hydrogen) atoms. The molecule has 1 fully saturated rings. The van der Waals surface area contributed by atoms with Gasteiger partial charge in [0.05, 0.1) is 0 Å². The largest absolute Gasteiger partial charge is 0.164 e. The Balaban J connectivity index is 2.09. The van der Waals surface area contributed by atoms with E-state index in [9.17, 15) is 0 Å². The Labute approximate surface area is 61.0 Å². The smallest absolute Gasteiger partial charge is 0.0307 e. The van der Waals surface area contributed by atoms with Gasteiger partial charge in [0.25, 0.3) is 0 Å². The molecule has 0 bridgehead atoms. The summed E-state index contributed by atoms with van der Waals surface area (Å²) in [5.74, 6) is 1.43. The molecule has 2 rings (SSSR count). The minimum Gasteiger partial charge on any atom is -0.164 e. The van der Waals surface area contributed by atoms with Crippen molar-refractivity contribution < 1.29 is 0 Å². The normalized spacial score (nSPS) is 37.6. The molecule has 1 aliphatic heterocycles. The van der Waals surface area contributed by atoms with Gasteiger partial charge in [0.1, 0.15) is 0 Å². The molecule has 0 saturated heterocycles. The highest BCUT2D eigenvalue weighted by atomic mass is 15.2. The van der Waals surface area contributed by atoms with Crippen LogP contribution in [0.2, 0.25) is 0 Å². The predicted molar refractivity (Wildman–Crippen MR) is 42.4 cm³/mol. The summed E-state index contributed by atoms with van der Waals surface area (Å²) in [5, 5.41) is 7.81. The zero-order chi connectivity index (χ0) is 6.81. The summed E-state index contributed by atoms with van der Waals surface area (Å²) in [6.07, 6.45) is 9.43. The number of fused-ring (bicyclic) bond motifs is 1. The fourth-order valence-electron chi connectivity index (χ4n) is 1.81. The molecular weight excluding hydrogens is 124 g/mol. The summed E-state index contributed by atoms with van der Waals surface area (Å²) in [4.78, 5) is 0. The second-order valence-corrected chi connectivity index (χ2v) is 3.14. The second kappa shape index (κ2) is 2.52. The summed E-state index contributed by atoms with van der Waals surface area (Å²) >= 11 is 0. The number of rotatable bonds is 0. The van der Waals surface area contributed by atoms with E-state index < -0.39 is 0 Å². The first-order valence-corrected chi connectivity index (χ1v) is 4.03. The van der Waals surface area contributed by atoms with Crippen LogP contribution in [0.25, 0.3) is 0 Å². The SMILES string of the molecule is C1=NN=CC2CCCCC12. The van der Waals surface area contributed by atoms with Crippen LogP contribution >= 0.6 is 0 Å². The van der Waals surface area contributed by atoms with Gasteiger partial charge in [-0.3, -0.25) is 0 Å². The zero-order valence-corrected chi connectivity index (χ0v) is 6.03. The monoisotopic (exact) mass is 136 g/mol. The maximum Gasteiger partial charge on any atom is 0.0307 e. The molecule has 2 atom stereocenters. The van der Waals surface area contributed by atoms with E-state index >= 15 is 0 Å². The van der Waals surface area contributed by atoms with Crippen molar-refractivity contribution in [3.8, 4) is 0 Å². The average Bonchev–Trinajstić information content (AvgIpc) is 2.05. The van der Waals surface area contributed by atoms with E-state index in [1.54, 1.807) is 0 Å². The van der Waals surface area contributed by atoms with Crippen LogP contribution in [0.15, 0.2) is 10.2 Å². The Hall–Kier alpha value is -0.660. The van der Waals surface area contributed by atoms with Gasteiger partial charge in [0.15, 0.2) is 0 Å². The standard InChI is InChI=1S/C8H12N2/c1-2-4-8-6-10-9-5-7(8)3-1/h5-8H,1-4H2. The van der Waals surface area contributed by atoms with Crippen molar-refractivity contribution in [2.24, 2.45) is 22.0 Å². The minimum atomic E-state index is 0.714. The van der Waals surface area contributed by atoms with Crippen LogP contribution < -0.4 is 0 Å². The van der Waals surface area contributed by atoms with Crippen molar-refractivity contribution in [3.05, 3.63) is 0 Å². The zero-order valence-electron chi connectivity index (χ0n) is 6.03. The van der Waals surface area contributed by atoms with Crippen molar-refractivity contribution in [1.29, 1.82) is 0 Å². The van der Waals surface area contributed by atoms with Gasteiger partial charge in [-0.15, -0.1) is 0 Å². The summed E-state index contributed by atoms with van der Waals surface area (Å²) in [6, 6.07) is 0. The Kier molecular flexibility index (Phi) is 1.53.